The number of carboxylic acid groups (broad SMARTS) is 1. The van der Waals surface area contributed by atoms with Crippen LogP contribution >= 0.6 is 0 Å². The number of hydrogen-bond donors (Lipinski definition) is 1. The van der Waals surface area contributed by atoms with Gasteiger partial charge in [-0.05, 0) is 54.0 Å². The summed E-state index contributed by atoms with van der Waals surface area (Å²) in [5.74, 6) is -1.01. The molecule has 0 spiro atoms. The van der Waals surface area contributed by atoms with Crippen molar-refractivity contribution in [3.63, 3.8) is 0 Å². The predicted octanol–water partition coefficient (Wildman–Crippen LogP) is 2.39. The SMILES string of the molecule is CCC(CC)(C(=O)O)n1nnnc1-c1ccc(F)cc1C. The molecule has 0 aliphatic heterocycles. The number of benzene rings is 1. The summed E-state index contributed by atoms with van der Waals surface area (Å²) in [6.07, 6.45) is 0.689. The summed E-state index contributed by atoms with van der Waals surface area (Å²) in [5, 5.41) is 21.0. The summed E-state index contributed by atoms with van der Waals surface area (Å²) in [4.78, 5) is 11.7. The third-order valence-electron chi connectivity index (χ3n) is 3.87. The van der Waals surface area contributed by atoms with Crippen molar-refractivity contribution in [2.45, 2.75) is 39.2 Å². The van der Waals surface area contributed by atoms with E-state index in [9.17, 15) is 14.3 Å². The van der Waals surface area contributed by atoms with E-state index in [-0.39, 0.29) is 5.82 Å². The number of carbonyl (C=O) groups is 1. The number of tetrazole rings is 1. The number of aromatic nitrogens is 4. The Morgan fingerprint density at radius 2 is 2.05 bits per heavy atom. The van der Waals surface area contributed by atoms with E-state index in [2.05, 4.69) is 15.5 Å². The summed E-state index contributed by atoms with van der Waals surface area (Å²) in [6, 6.07) is 4.24. The molecule has 2 rings (SSSR count). The van der Waals surface area contributed by atoms with Crippen molar-refractivity contribution in [2.75, 3.05) is 0 Å². The molecular weight excluding hydrogens is 275 g/mol. The minimum absolute atomic E-state index is 0.332. The van der Waals surface area contributed by atoms with Crippen molar-refractivity contribution >= 4 is 5.97 Å². The Morgan fingerprint density at radius 1 is 1.38 bits per heavy atom. The second-order valence-corrected chi connectivity index (χ2v) is 4.92. The van der Waals surface area contributed by atoms with Crippen molar-refractivity contribution in [3.8, 4) is 11.4 Å². The fourth-order valence-corrected chi connectivity index (χ4v) is 2.46. The van der Waals surface area contributed by atoms with E-state index in [1.54, 1.807) is 26.8 Å². The first-order valence-electron chi connectivity index (χ1n) is 6.75. The van der Waals surface area contributed by atoms with Crippen molar-refractivity contribution < 1.29 is 14.3 Å². The van der Waals surface area contributed by atoms with E-state index in [0.717, 1.165) is 0 Å². The molecule has 21 heavy (non-hydrogen) atoms. The van der Waals surface area contributed by atoms with Gasteiger partial charge in [-0.3, -0.25) is 0 Å². The third kappa shape index (κ3) is 2.39. The first-order valence-corrected chi connectivity index (χ1v) is 6.75. The Balaban J connectivity index is 2.64. The largest absolute Gasteiger partial charge is 0.479 e. The lowest BCUT2D eigenvalue weighted by atomic mass is 9.92. The van der Waals surface area contributed by atoms with Crippen LogP contribution in [0.5, 0.6) is 0 Å². The molecule has 1 aromatic heterocycles. The lowest BCUT2D eigenvalue weighted by molar-refractivity contribution is -0.148. The molecule has 0 atom stereocenters. The maximum absolute atomic E-state index is 13.2. The number of aryl methyl sites for hydroxylation is 1. The Morgan fingerprint density at radius 3 is 2.57 bits per heavy atom. The molecule has 0 aliphatic carbocycles. The van der Waals surface area contributed by atoms with Crippen LogP contribution in [0.15, 0.2) is 18.2 Å². The average molecular weight is 292 g/mol. The van der Waals surface area contributed by atoms with Gasteiger partial charge in [-0.25, -0.2) is 13.9 Å². The Bertz CT molecular complexity index is 665. The Hall–Kier alpha value is -2.31. The lowest BCUT2D eigenvalue weighted by Gasteiger charge is -2.27. The van der Waals surface area contributed by atoms with Crippen LogP contribution in [-0.4, -0.2) is 31.3 Å². The van der Waals surface area contributed by atoms with Gasteiger partial charge >= 0.3 is 5.97 Å². The van der Waals surface area contributed by atoms with Crippen LogP contribution in [0.2, 0.25) is 0 Å². The Labute approximate surface area is 121 Å². The Kier molecular flexibility index (Phi) is 4.02. The number of halogens is 1. The van der Waals surface area contributed by atoms with Crippen LogP contribution in [-0.2, 0) is 10.3 Å². The molecule has 2 aromatic rings. The van der Waals surface area contributed by atoms with Gasteiger partial charge in [0.1, 0.15) is 5.82 Å². The van der Waals surface area contributed by atoms with Gasteiger partial charge in [0.05, 0.1) is 0 Å². The van der Waals surface area contributed by atoms with E-state index in [0.29, 0.717) is 29.8 Å². The summed E-state index contributed by atoms with van der Waals surface area (Å²) < 4.78 is 14.6. The van der Waals surface area contributed by atoms with Crippen LogP contribution in [0.4, 0.5) is 4.39 Å². The summed E-state index contributed by atoms with van der Waals surface area (Å²) in [5.41, 5.74) is 0.0612. The van der Waals surface area contributed by atoms with Gasteiger partial charge in [-0.2, -0.15) is 0 Å². The maximum Gasteiger partial charge on any atom is 0.331 e. The quantitative estimate of drug-likeness (QED) is 0.915. The van der Waals surface area contributed by atoms with E-state index >= 15 is 0 Å². The minimum Gasteiger partial charge on any atom is -0.479 e. The van der Waals surface area contributed by atoms with Crippen molar-refractivity contribution in [1.29, 1.82) is 0 Å². The number of carboxylic acids is 1. The summed E-state index contributed by atoms with van der Waals surface area (Å²) in [6.45, 7) is 5.29. The molecule has 0 unspecified atom stereocenters. The molecule has 7 heteroatoms. The third-order valence-corrected chi connectivity index (χ3v) is 3.87. The standard InChI is InChI=1S/C14H17FN4O2/c1-4-14(5-2,13(20)21)19-12(16-17-18-19)11-7-6-10(15)8-9(11)3/h6-8H,4-5H2,1-3H3,(H,20,21). The average Bonchev–Trinajstić information content (AvgIpc) is 2.90. The first kappa shape index (κ1) is 15.1. The molecule has 1 heterocycles. The molecule has 1 aromatic carbocycles. The van der Waals surface area contributed by atoms with Crippen molar-refractivity contribution in [3.05, 3.63) is 29.6 Å². The van der Waals surface area contributed by atoms with Gasteiger partial charge in [0, 0.05) is 5.56 Å². The number of hydrogen-bond acceptors (Lipinski definition) is 4. The molecule has 0 saturated heterocycles. The molecule has 112 valence electrons. The summed E-state index contributed by atoms with van der Waals surface area (Å²) >= 11 is 0. The van der Waals surface area contributed by atoms with E-state index < -0.39 is 11.5 Å². The second-order valence-electron chi connectivity index (χ2n) is 4.92. The van der Waals surface area contributed by atoms with Crippen LogP contribution in [0.1, 0.15) is 32.3 Å². The minimum atomic E-state index is -1.21. The van der Waals surface area contributed by atoms with Crippen LogP contribution in [0.3, 0.4) is 0 Å². The van der Waals surface area contributed by atoms with E-state index in [1.165, 1.54) is 16.8 Å². The van der Waals surface area contributed by atoms with Gasteiger partial charge in [0.2, 0.25) is 0 Å². The second kappa shape index (κ2) is 5.59. The highest BCUT2D eigenvalue weighted by atomic mass is 19.1. The zero-order chi connectivity index (χ0) is 15.6. The van der Waals surface area contributed by atoms with Gasteiger partial charge in [-0.1, -0.05) is 13.8 Å². The van der Waals surface area contributed by atoms with E-state index in [4.69, 9.17) is 0 Å². The molecule has 0 bridgehead atoms. The molecule has 0 radical (unpaired) electrons. The van der Waals surface area contributed by atoms with E-state index in [1.807, 2.05) is 0 Å². The molecule has 6 nitrogen and oxygen atoms in total. The van der Waals surface area contributed by atoms with Crippen molar-refractivity contribution in [2.24, 2.45) is 0 Å². The predicted molar refractivity (Wildman–Crippen MR) is 74.1 cm³/mol. The van der Waals surface area contributed by atoms with Crippen LogP contribution < -0.4 is 0 Å². The highest BCUT2D eigenvalue weighted by molar-refractivity contribution is 5.77. The van der Waals surface area contributed by atoms with Crippen LogP contribution in [0, 0.1) is 12.7 Å². The van der Waals surface area contributed by atoms with Crippen LogP contribution in [0.25, 0.3) is 11.4 Å². The smallest absolute Gasteiger partial charge is 0.331 e. The van der Waals surface area contributed by atoms with Gasteiger partial charge in [0.25, 0.3) is 0 Å². The number of aliphatic carboxylic acids is 1. The van der Waals surface area contributed by atoms with Gasteiger partial charge in [-0.15, -0.1) is 5.10 Å². The van der Waals surface area contributed by atoms with Gasteiger partial charge < -0.3 is 5.11 Å². The number of rotatable bonds is 5. The maximum atomic E-state index is 13.2. The monoisotopic (exact) mass is 292 g/mol. The fourth-order valence-electron chi connectivity index (χ4n) is 2.46. The fraction of sp³-hybridized carbons (Fsp3) is 0.429. The molecule has 0 amide bonds. The number of nitrogens with zero attached hydrogens (tertiary/aromatic N) is 4. The zero-order valence-electron chi connectivity index (χ0n) is 12.2. The highest BCUT2D eigenvalue weighted by Gasteiger charge is 2.40. The molecule has 0 fully saturated rings. The molecule has 1 N–H and O–H groups in total. The van der Waals surface area contributed by atoms with Crippen molar-refractivity contribution in [1.82, 2.24) is 20.2 Å². The molecule has 0 saturated carbocycles. The topological polar surface area (TPSA) is 80.9 Å². The normalized spacial score (nSPS) is 11.6. The van der Waals surface area contributed by atoms with Gasteiger partial charge in [0.15, 0.2) is 11.4 Å². The molecular formula is C14H17FN4O2. The lowest BCUT2D eigenvalue weighted by Crippen LogP contribution is -2.42. The summed E-state index contributed by atoms with van der Waals surface area (Å²) in [7, 11) is 0. The first-order chi connectivity index (χ1) is 9.96. The highest BCUT2D eigenvalue weighted by Crippen LogP contribution is 2.30. The molecule has 0 aliphatic rings. The zero-order valence-corrected chi connectivity index (χ0v) is 12.2.